The fraction of sp³-hybridized carbons (Fsp3) is 0. The van der Waals surface area contributed by atoms with Crippen LogP contribution in [0.3, 0.4) is 0 Å². The Morgan fingerprint density at radius 2 is 2.11 bits per heavy atom. The van der Waals surface area contributed by atoms with E-state index < -0.39 is 0 Å². The van der Waals surface area contributed by atoms with Crippen LogP contribution in [0, 0.1) is 22.7 Å². The molecule has 0 saturated carbocycles. The molecule has 1 heterocycles. The molecule has 0 aliphatic heterocycles. The first-order valence-electron chi connectivity index (χ1n) is 5.19. The van der Waals surface area contributed by atoms with E-state index in [1.165, 1.54) is 0 Å². The minimum atomic E-state index is 0.141. The summed E-state index contributed by atoms with van der Waals surface area (Å²) in [4.78, 5) is 4.32. The van der Waals surface area contributed by atoms with Crippen LogP contribution in [-0.4, -0.2) is 4.98 Å². The summed E-state index contributed by atoms with van der Waals surface area (Å²) in [5, 5.41) is 19.0. The number of hydrogen-bond acceptors (Lipinski definition) is 5. The third-order valence-corrected chi connectivity index (χ3v) is 3.66. The van der Waals surface area contributed by atoms with E-state index >= 15 is 0 Å². The normalized spacial score (nSPS) is 10.8. The van der Waals surface area contributed by atoms with E-state index in [0.29, 0.717) is 26.0 Å². The van der Waals surface area contributed by atoms with Gasteiger partial charge in [0.05, 0.1) is 5.57 Å². The molecule has 0 amide bonds. The average Bonchev–Trinajstić information content (AvgIpc) is 2.79. The molecule has 2 N–H and O–H groups in total. The molecule has 19 heavy (non-hydrogen) atoms. The minimum absolute atomic E-state index is 0.141. The number of nitrogen functional groups attached to an aromatic ring is 1. The maximum absolute atomic E-state index is 9.19. The van der Waals surface area contributed by atoms with Crippen molar-refractivity contribution in [2.45, 2.75) is 0 Å². The lowest BCUT2D eigenvalue weighted by atomic mass is 10.1. The van der Waals surface area contributed by atoms with E-state index in [4.69, 9.17) is 22.6 Å². The van der Waals surface area contributed by atoms with Crippen LogP contribution in [0.2, 0.25) is 5.02 Å². The quantitative estimate of drug-likeness (QED) is 0.858. The van der Waals surface area contributed by atoms with Gasteiger partial charge >= 0.3 is 0 Å². The molecular weight excluding hydrogens is 280 g/mol. The van der Waals surface area contributed by atoms with Gasteiger partial charge in [0.15, 0.2) is 5.82 Å². The number of thiazole rings is 1. The number of nitrogens with two attached hydrogens (primary N) is 1. The van der Waals surface area contributed by atoms with Crippen LogP contribution in [0.1, 0.15) is 15.4 Å². The summed E-state index contributed by atoms with van der Waals surface area (Å²) in [5.74, 6) is 0.141. The fourth-order valence-corrected chi connectivity index (χ4v) is 2.35. The van der Waals surface area contributed by atoms with Gasteiger partial charge in [0.1, 0.15) is 22.0 Å². The van der Waals surface area contributed by atoms with E-state index in [0.717, 1.165) is 11.3 Å². The topological polar surface area (TPSA) is 86.5 Å². The predicted molar refractivity (Wildman–Crippen MR) is 76.2 cm³/mol. The zero-order valence-electron chi connectivity index (χ0n) is 9.59. The van der Waals surface area contributed by atoms with E-state index in [2.05, 4.69) is 4.98 Å². The molecule has 0 fully saturated rings. The Hall–Kier alpha value is -2.34. The van der Waals surface area contributed by atoms with Gasteiger partial charge < -0.3 is 5.73 Å². The summed E-state index contributed by atoms with van der Waals surface area (Å²) in [6, 6.07) is 11.1. The number of aromatic nitrogens is 1. The van der Waals surface area contributed by atoms with Crippen LogP contribution >= 0.6 is 22.9 Å². The summed E-state index contributed by atoms with van der Waals surface area (Å²) in [7, 11) is 0. The fourth-order valence-electron chi connectivity index (χ4n) is 1.42. The van der Waals surface area contributed by atoms with Gasteiger partial charge in [0.2, 0.25) is 0 Å². The van der Waals surface area contributed by atoms with Crippen LogP contribution in [0.5, 0.6) is 0 Å². The van der Waals surface area contributed by atoms with Crippen LogP contribution in [-0.2, 0) is 0 Å². The zero-order valence-corrected chi connectivity index (χ0v) is 11.2. The maximum atomic E-state index is 9.19. The molecule has 0 aliphatic carbocycles. The van der Waals surface area contributed by atoms with Crippen molar-refractivity contribution in [1.29, 1.82) is 10.5 Å². The lowest BCUT2D eigenvalue weighted by Crippen LogP contribution is -1.88. The number of hydrogen-bond donors (Lipinski definition) is 1. The maximum Gasteiger partial charge on any atom is 0.153 e. The van der Waals surface area contributed by atoms with Crippen molar-refractivity contribution >= 4 is 40.4 Å². The molecule has 0 saturated heterocycles. The Labute approximate surface area is 119 Å². The van der Waals surface area contributed by atoms with Crippen molar-refractivity contribution in [1.82, 2.24) is 4.98 Å². The lowest BCUT2D eigenvalue weighted by Gasteiger charge is -1.97. The molecule has 0 unspecified atom stereocenters. The number of nitrogens with zero attached hydrogens (tertiary/aromatic N) is 3. The Balaban J connectivity index is 2.49. The van der Waals surface area contributed by atoms with Gasteiger partial charge in [-0.25, -0.2) is 4.98 Å². The lowest BCUT2D eigenvalue weighted by molar-refractivity contribution is 1.37. The molecule has 0 radical (unpaired) electrons. The third kappa shape index (κ3) is 2.74. The van der Waals surface area contributed by atoms with Crippen molar-refractivity contribution in [3.8, 4) is 12.1 Å². The molecular formula is C13H7ClN4S. The number of nitriles is 2. The SMILES string of the molecule is N#C/C(=C\c1ccccc1Cl)c1nc(N)c(C#N)s1. The van der Waals surface area contributed by atoms with Gasteiger partial charge in [0, 0.05) is 5.02 Å². The Morgan fingerprint density at radius 3 is 2.68 bits per heavy atom. The number of rotatable bonds is 2. The highest BCUT2D eigenvalue weighted by atomic mass is 35.5. The molecule has 1 aromatic carbocycles. The van der Waals surface area contributed by atoms with Crippen LogP contribution in [0.15, 0.2) is 24.3 Å². The smallest absolute Gasteiger partial charge is 0.153 e. The molecule has 2 aromatic rings. The monoisotopic (exact) mass is 286 g/mol. The highest BCUT2D eigenvalue weighted by Crippen LogP contribution is 2.28. The number of allylic oxidation sites excluding steroid dienone is 1. The number of anilines is 1. The zero-order chi connectivity index (χ0) is 13.8. The second-order valence-electron chi connectivity index (χ2n) is 3.54. The largest absolute Gasteiger partial charge is 0.382 e. The second kappa shape index (κ2) is 5.53. The molecule has 1 aromatic heterocycles. The Morgan fingerprint density at radius 1 is 1.37 bits per heavy atom. The molecule has 2 rings (SSSR count). The first-order chi connectivity index (χ1) is 9.15. The summed E-state index contributed by atoms with van der Waals surface area (Å²) in [6.07, 6.45) is 1.63. The van der Waals surface area contributed by atoms with Crippen LogP contribution in [0.25, 0.3) is 11.6 Å². The summed E-state index contributed by atoms with van der Waals surface area (Å²) >= 11 is 7.11. The predicted octanol–water partition coefficient (Wildman–Crippen LogP) is 3.31. The van der Waals surface area contributed by atoms with E-state index in [1.807, 2.05) is 18.2 Å². The van der Waals surface area contributed by atoms with Gasteiger partial charge in [-0.05, 0) is 17.7 Å². The van der Waals surface area contributed by atoms with Gasteiger partial charge in [-0.2, -0.15) is 10.5 Å². The molecule has 6 heteroatoms. The van der Waals surface area contributed by atoms with Crippen molar-refractivity contribution in [2.75, 3.05) is 5.73 Å². The molecule has 92 valence electrons. The van der Waals surface area contributed by atoms with E-state index in [1.54, 1.807) is 24.3 Å². The molecule has 0 atom stereocenters. The van der Waals surface area contributed by atoms with Crippen LogP contribution < -0.4 is 5.73 Å². The molecule has 0 bridgehead atoms. The van der Waals surface area contributed by atoms with Gasteiger partial charge in [-0.1, -0.05) is 41.1 Å². The summed E-state index contributed by atoms with van der Waals surface area (Å²) in [5.41, 5.74) is 6.62. The van der Waals surface area contributed by atoms with Crippen LogP contribution in [0.4, 0.5) is 5.82 Å². The molecule has 4 nitrogen and oxygen atoms in total. The van der Waals surface area contributed by atoms with E-state index in [-0.39, 0.29) is 5.82 Å². The number of halogens is 1. The minimum Gasteiger partial charge on any atom is -0.382 e. The first kappa shape index (κ1) is 13.1. The third-order valence-electron chi connectivity index (χ3n) is 2.31. The van der Waals surface area contributed by atoms with Crippen molar-refractivity contribution in [3.63, 3.8) is 0 Å². The summed E-state index contributed by atoms with van der Waals surface area (Å²) in [6.45, 7) is 0. The van der Waals surface area contributed by atoms with Gasteiger partial charge in [-0.3, -0.25) is 0 Å². The Bertz CT molecular complexity index is 734. The Kier molecular flexibility index (Phi) is 3.82. The van der Waals surface area contributed by atoms with Crippen molar-refractivity contribution < 1.29 is 0 Å². The highest BCUT2D eigenvalue weighted by Gasteiger charge is 2.12. The average molecular weight is 287 g/mol. The van der Waals surface area contributed by atoms with E-state index in [9.17, 15) is 5.26 Å². The molecule has 0 aliphatic rings. The standard InChI is InChI=1S/C13H7ClN4S/c14-10-4-2-1-3-8(10)5-9(6-15)13-18-12(17)11(7-16)19-13/h1-5H,17H2/b9-5+. The first-order valence-corrected chi connectivity index (χ1v) is 6.38. The van der Waals surface area contributed by atoms with Crippen molar-refractivity contribution in [2.24, 2.45) is 0 Å². The summed E-state index contributed by atoms with van der Waals surface area (Å²) < 4.78 is 0. The highest BCUT2D eigenvalue weighted by molar-refractivity contribution is 7.13. The van der Waals surface area contributed by atoms with Gasteiger partial charge in [0.25, 0.3) is 0 Å². The molecule has 0 spiro atoms. The van der Waals surface area contributed by atoms with Crippen molar-refractivity contribution in [3.05, 3.63) is 44.7 Å². The second-order valence-corrected chi connectivity index (χ2v) is 4.94. The van der Waals surface area contributed by atoms with Gasteiger partial charge in [-0.15, -0.1) is 0 Å². The number of benzene rings is 1.